The molecule has 0 spiro atoms. The van der Waals surface area contributed by atoms with Gasteiger partial charge in [-0.1, -0.05) is 13.8 Å². The number of hydrogen-bond acceptors (Lipinski definition) is 5. The molecule has 1 aliphatic rings. The summed E-state index contributed by atoms with van der Waals surface area (Å²) in [5.41, 5.74) is 2.04. The largest absolute Gasteiger partial charge is 0.367 e. The van der Waals surface area contributed by atoms with E-state index in [1.54, 1.807) is 16.8 Å². The highest BCUT2D eigenvalue weighted by Crippen LogP contribution is 2.22. The predicted octanol–water partition coefficient (Wildman–Crippen LogP) is 3.38. The van der Waals surface area contributed by atoms with E-state index in [1.807, 2.05) is 17.0 Å². The van der Waals surface area contributed by atoms with Gasteiger partial charge in [0, 0.05) is 43.4 Å². The third kappa shape index (κ3) is 4.21. The van der Waals surface area contributed by atoms with E-state index in [9.17, 15) is 9.18 Å². The summed E-state index contributed by atoms with van der Waals surface area (Å²) >= 11 is 0. The van der Waals surface area contributed by atoms with Crippen molar-refractivity contribution in [2.75, 3.05) is 18.4 Å². The Bertz CT molecular complexity index is 1020. The van der Waals surface area contributed by atoms with Crippen molar-refractivity contribution in [3.63, 3.8) is 0 Å². The van der Waals surface area contributed by atoms with Gasteiger partial charge in [0.1, 0.15) is 5.82 Å². The molecule has 0 aliphatic carbocycles. The van der Waals surface area contributed by atoms with Gasteiger partial charge in [-0.05, 0) is 37.0 Å². The first-order valence-electron chi connectivity index (χ1n) is 10.0. The molecule has 152 valence electrons. The predicted molar refractivity (Wildman–Crippen MR) is 109 cm³/mol. The summed E-state index contributed by atoms with van der Waals surface area (Å²) in [6, 6.07) is 7.00. The first-order valence-corrected chi connectivity index (χ1v) is 10.0. The number of aromatic nitrogens is 4. The van der Waals surface area contributed by atoms with Crippen molar-refractivity contribution in [3.05, 3.63) is 42.6 Å². The Labute approximate surface area is 169 Å². The molecule has 7 nitrogen and oxygen atoms in total. The van der Waals surface area contributed by atoms with Crippen LogP contribution in [-0.4, -0.2) is 49.5 Å². The number of carbonyl (C=O) groups excluding carboxylic acids is 1. The molecule has 8 heteroatoms. The van der Waals surface area contributed by atoms with Crippen LogP contribution in [0.15, 0.2) is 36.7 Å². The van der Waals surface area contributed by atoms with Gasteiger partial charge in [0.05, 0.1) is 11.9 Å². The molecule has 1 fully saturated rings. The maximum absolute atomic E-state index is 13.5. The summed E-state index contributed by atoms with van der Waals surface area (Å²) in [5.74, 6) is 0.733. The summed E-state index contributed by atoms with van der Waals surface area (Å²) in [4.78, 5) is 22.4. The second kappa shape index (κ2) is 8.14. The fourth-order valence-electron chi connectivity index (χ4n) is 3.79. The van der Waals surface area contributed by atoms with Crippen LogP contribution >= 0.6 is 0 Å². The minimum absolute atomic E-state index is 0.176. The lowest BCUT2D eigenvalue weighted by atomic mass is 10.1. The first kappa shape index (κ1) is 19.3. The van der Waals surface area contributed by atoms with Crippen molar-refractivity contribution in [2.24, 2.45) is 5.92 Å². The molecule has 1 N–H and O–H groups in total. The van der Waals surface area contributed by atoms with Crippen molar-refractivity contribution in [2.45, 2.75) is 39.2 Å². The minimum atomic E-state index is -0.542. The van der Waals surface area contributed by atoms with Crippen LogP contribution in [0.3, 0.4) is 0 Å². The van der Waals surface area contributed by atoms with Gasteiger partial charge in [-0.2, -0.15) is 4.39 Å². The monoisotopic (exact) mass is 396 g/mol. The van der Waals surface area contributed by atoms with Gasteiger partial charge in [-0.25, -0.2) is 14.5 Å². The number of pyridine rings is 1. The number of likely N-dealkylation sites (tertiary alicyclic amines) is 1. The van der Waals surface area contributed by atoms with Crippen LogP contribution in [0, 0.1) is 11.9 Å². The Balaban J connectivity index is 1.50. The number of rotatable bonds is 6. The Kier molecular flexibility index (Phi) is 5.42. The molecule has 1 amide bonds. The summed E-state index contributed by atoms with van der Waals surface area (Å²) in [5, 5.41) is 7.97. The lowest BCUT2D eigenvalue weighted by molar-refractivity contribution is -0.132. The number of halogens is 1. The second-order valence-corrected chi connectivity index (χ2v) is 7.86. The Hall–Kier alpha value is -3.03. The summed E-state index contributed by atoms with van der Waals surface area (Å²) < 4.78 is 15.2. The SMILES string of the molecule is CC(C)CC(=O)N1CCC[C@H]1CNc1ccc2ncc(-c3ccnc(F)c3)n2n1. The van der Waals surface area contributed by atoms with Crippen molar-refractivity contribution in [1.29, 1.82) is 0 Å². The molecule has 4 heterocycles. The van der Waals surface area contributed by atoms with Crippen molar-refractivity contribution >= 4 is 17.4 Å². The van der Waals surface area contributed by atoms with Crippen molar-refractivity contribution in [3.8, 4) is 11.3 Å². The molecule has 3 aromatic rings. The molecule has 0 aromatic carbocycles. The Morgan fingerprint density at radius 2 is 2.17 bits per heavy atom. The van der Waals surface area contributed by atoms with Crippen molar-refractivity contribution in [1.82, 2.24) is 24.5 Å². The van der Waals surface area contributed by atoms with E-state index in [-0.39, 0.29) is 11.9 Å². The van der Waals surface area contributed by atoms with Crippen LogP contribution in [0.4, 0.5) is 10.2 Å². The lowest BCUT2D eigenvalue weighted by Crippen LogP contribution is -2.40. The van der Waals surface area contributed by atoms with Gasteiger partial charge in [-0.3, -0.25) is 4.79 Å². The average molecular weight is 396 g/mol. The van der Waals surface area contributed by atoms with E-state index < -0.39 is 5.95 Å². The highest BCUT2D eigenvalue weighted by molar-refractivity contribution is 5.77. The number of fused-ring (bicyclic) bond motifs is 1. The normalized spacial score (nSPS) is 16.7. The van der Waals surface area contributed by atoms with Gasteiger partial charge in [0.15, 0.2) is 5.65 Å². The zero-order valence-corrected chi connectivity index (χ0v) is 16.7. The summed E-state index contributed by atoms with van der Waals surface area (Å²) in [7, 11) is 0. The number of nitrogens with one attached hydrogen (secondary N) is 1. The van der Waals surface area contributed by atoms with Gasteiger partial charge >= 0.3 is 0 Å². The molecule has 3 aromatic heterocycles. The number of anilines is 1. The van der Waals surface area contributed by atoms with E-state index in [2.05, 4.69) is 34.2 Å². The fourth-order valence-corrected chi connectivity index (χ4v) is 3.79. The molecule has 1 atom stereocenters. The molecular weight excluding hydrogens is 371 g/mol. The molecule has 0 radical (unpaired) electrons. The number of nitrogens with zero attached hydrogens (tertiary/aromatic N) is 5. The smallest absolute Gasteiger partial charge is 0.223 e. The van der Waals surface area contributed by atoms with E-state index in [0.717, 1.165) is 19.4 Å². The van der Waals surface area contributed by atoms with Gasteiger partial charge in [0.2, 0.25) is 11.9 Å². The Morgan fingerprint density at radius 1 is 1.31 bits per heavy atom. The number of amides is 1. The second-order valence-electron chi connectivity index (χ2n) is 7.86. The number of carbonyl (C=O) groups is 1. The zero-order valence-electron chi connectivity index (χ0n) is 16.7. The van der Waals surface area contributed by atoms with Crippen LogP contribution in [0.25, 0.3) is 16.9 Å². The van der Waals surface area contributed by atoms with Crippen LogP contribution in [0.1, 0.15) is 33.1 Å². The maximum Gasteiger partial charge on any atom is 0.223 e. The third-order valence-electron chi connectivity index (χ3n) is 5.18. The standard InChI is InChI=1S/C21H25FN6O/c1-14(2)10-21(29)27-9-3-4-16(27)12-24-19-5-6-20-25-13-17(28(20)26-19)15-7-8-23-18(22)11-15/h5-8,11,13-14,16H,3-4,9-10,12H2,1-2H3,(H,24,26)/t16-/m0/s1. The molecule has 0 unspecified atom stereocenters. The number of imidazole rings is 1. The first-order chi connectivity index (χ1) is 14.0. The number of hydrogen-bond donors (Lipinski definition) is 1. The molecule has 1 aliphatic heterocycles. The maximum atomic E-state index is 13.5. The summed E-state index contributed by atoms with van der Waals surface area (Å²) in [6.07, 6.45) is 5.70. The average Bonchev–Trinajstić information content (AvgIpc) is 3.32. The topological polar surface area (TPSA) is 75.4 Å². The molecule has 4 rings (SSSR count). The van der Waals surface area contributed by atoms with Crippen LogP contribution in [0.5, 0.6) is 0 Å². The van der Waals surface area contributed by atoms with Gasteiger partial charge in [-0.15, -0.1) is 5.10 Å². The molecule has 29 heavy (non-hydrogen) atoms. The quantitative estimate of drug-likeness (QED) is 0.647. The summed E-state index contributed by atoms with van der Waals surface area (Å²) in [6.45, 7) is 5.61. The van der Waals surface area contributed by atoms with Crippen LogP contribution in [-0.2, 0) is 4.79 Å². The fraction of sp³-hybridized carbons (Fsp3) is 0.429. The van der Waals surface area contributed by atoms with E-state index in [4.69, 9.17) is 0 Å². The third-order valence-corrected chi connectivity index (χ3v) is 5.18. The van der Waals surface area contributed by atoms with Crippen LogP contribution in [0.2, 0.25) is 0 Å². The molecule has 0 bridgehead atoms. The van der Waals surface area contributed by atoms with Gasteiger partial charge < -0.3 is 10.2 Å². The Morgan fingerprint density at radius 3 is 2.97 bits per heavy atom. The van der Waals surface area contributed by atoms with E-state index >= 15 is 0 Å². The lowest BCUT2D eigenvalue weighted by Gasteiger charge is -2.26. The van der Waals surface area contributed by atoms with Crippen molar-refractivity contribution < 1.29 is 9.18 Å². The van der Waals surface area contributed by atoms with E-state index in [0.29, 0.717) is 41.6 Å². The highest BCUT2D eigenvalue weighted by Gasteiger charge is 2.28. The minimum Gasteiger partial charge on any atom is -0.367 e. The molecule has 1 saturated heterocycles. The van der Waals surface area contributed by atoms with Gasteiger partial charge in [0.25, 0.3) is 0 Å². The highest BCUT2D eigenvalue weighted by atomic mass is 19.1. The van der Waals surface area contributed by atoms with Crippen LogP contribution < -0.4 is 5.32 Å². The molecular formula is C21H25FN6O. The van der Waals surface area contributed by atoms with E-state index in [1.165, 1.54) is 12.3 Å². The zero-order chi connectivity index (χ0) is 20.4. The molecule has 0 saturated carbocycles.